The summed E-state index contributed by atoms with van der Waals surface area (Å²) in [5.41, 5.74) is 7.52. The minimum absolute atomic E-state index is 0. The molecule has 126 valence electrons. The van der Waals surface area contributed by atoms with Crippen molar-refractivity contribution in [1.29, 1.82) is 0 Å². The molecule has 1 aromatic heterocycles. The Balaban J connectivity index is 0.00000132. The van der Waals surface area contributed by atoms with Crippen molar-refractivity contribution in [3.8, 4) is 16.9 Å². The summed E-state index contributed by atoms with van der Waals surface area (Å²) in [6.07, 6.45) is 3.62. The van der Waals surface area contributed by atoms with Crippen LogP contribution in [0.25, 0.3) is 11.1 Å². The summed E-state index contributed by atoms with van der Waals surface area (Å²) in [6.45, 7) is 0.567. The summed E-state index contributed by atoms with van der Waals surface area (Å²) in [5, 5.41) is 3.25. The molecule has 0 spiro atoms. The van der Waals surface area contributed by atoms with Crippen molar-refractivity contribution in [2.45, 2.75) is 18.4 Å². The fourth-order valence-corrected chi connectivity index (χ4v) is 2.21. The lowest BCUT2D eigenvalue weighted by Gasteiger charge is -2.15. The van der Waals surface area contributed by atoms with Crippen LogP contribution in [0.15, 0.2) is 36.5 Å². The van der Waals surface area contributed by atoms with Crippen LogP contribution in [0.4, 0.5) is 10.1 Å². The number of hydrogen-bond acceptors (Lipinski definition) is 4. The molecule has 0 unspecified atom stereocenters. The Morgan fingerprint density at radius 3 is 2.48 bits per heavy atom. The van der Waals surface area contributed by atoms with Crippen molar-refractivity contribution < 1.29 is 9.13 Å². The Bertz CT molecular complexity index is 648. The van der Waals surface area contributed by atoms with Gasteiger partial charge in [0.25, 0.3) is 0 Å². The molecule has 23 heavy (non-hydrogen) atoms. The average molecular weight is 360 g/mol. The summed E-state index contributed by atoms with van der Waals surface area (Å²) in [6, 6.07) is 8.70. The molecular formula is C16H20Cl2FN3O. The molecule has 1 saturated carbocycles. The predicted molar refractivity (Wildman–Crippen MR) is 95.1 cm³/mol. The Labute approximate surface area is 147 Å². The van der Waals surface area contributed by atoms with Crippen molar-refractivity contribution in [1.82, 2.24) is 10.3 Å². The second-order valence-corrected chi connectivity index (χ2v) is 5.45. The number of benzene rings is 1. The Morgan fingerprint density at radius 1 is 1.26 bits per heavy atom. The fraction of sp³-hybridized carbons (Fsp3) is 0.312. The normalized spacial score (nSPS) is 14.3. The third-order valence-corrected chi connectivity index (χ3v) is 3.93. The van der Waals surface area contributed by atoms with E-state index in [1.165, 1.54) is 6.20 Å². The van der Waals surface area contributed by atoms with E-state index in [1.807, 2.05) is 7.05 Å². The standard InChI is InChI=1S/C16H18FN3O.2ClH/c1-19-16(6-7-16)10-21-13-8-14(15(17)20-9-13)11-2-4-12(18)5-3-11;;/h2-5,8-9,19H,6-7,10,18H2,1H3;2*1H. The number of pyridine rings is 1. The van der Waals surface area contributed by atoms with Gasteiger partial charge in [-0.15, -0.1) is 24.8 Å². The smallest absolute Gasteiger partial charge is 0.220 e. The zero-order valence-electron chi connectivity index (χ0n) is 12.7. The zero-order chi connectivity index (χ0) is 14.9. The third kappa shape index (κ3) is 4.47. The molecule has 1 fully saturated rings. The van der Waals surface area contributed by atoms with Crippen LogP contribution in [0.2, 0.25) is 0 Å². The highest BCUT2D eigenvalue weighted by Gasteiger charge is 2.41. The lowest BCUT2D eigenvalue weighted by molar-refractivity contribution is 0.258. The molecule has 3 rings (SSSR count). The molecule has 0 radical (unpaired) electrons. The summed E-state index contributed by atoms with van der Waals surface area (Å²) in [5.74, 6) is 0.0617. The van der Waals surface area contributed by atoms with Crippen LogP contribution in [0.1, 0.15) is 12.8 Å². The van der Waals surface area contributed by atoms with Gasteiger partial charge in [0, 0.05) is 11.3 Å². The number of halogens is 3. The molecule has 1 aliphatic carbocycles. The minimum Gasteiger partial charge on any atom is -0.490 e. The number of ether oxygens (including phenoxy) is 1. The molecule has 0 bridgehead atoms. The van der Waals surface area contributed by atoms with E-state index in [4.69, 9.17) is 10.5 Å². The fourth-order valence-electron chi connectivity index (χ4n) is 2.21. The number of nitrogens with two attached hydrogens (primary N) is 1. The van der Waals surface area contributed by atoms with E-state index in [0.717, 1.165) is 18.4 Å². The van der Waals surface area contributed by atoms with Gasteiger partial charge >= 0.3 is 0 Å². The molecule has 1 aliphatic rings. The number of nitrogens with zero attached hydrogens (tertiary/aromatic N) is 1. The Kier molecular flexibility index (Phi) is 6.62. The van der Waals surface area contributed by atoms with Crippen LogP contribution in [0, 0.1) is 5.95 Å². The first-order valence-electron chi connectivity index (χ1n) is 6.95. The predicted octanol–water partition coefficient (Wildman–Crippen LogP) is 3.44. The second kappa shape index (κ2) is 7.81. The van der Waals surface area contributed by atoms with Gasteiger partial charge < -0.3 is 15.8 Å². The van der Waals surface area contributed by atoms with Crippen molar-refractivity contribution in [3.05, 3.63) is 42.5 Å². The molecule has 1 heterocycles. The highest BCUT2D eigenvalue weighted by atomic mass is 35.5. The van der Waals surface area contributed by atoms with E-state index in [2.05, 4.69) is 10.3 Å². The SMILES string of the molecule is CNC1(COc2cnc(F)c(-c3ccc(N)cc3)c2)CC1.Cl.Cl. The number of rotatable bonds is 5. The van der Waals surface area contributed by atoms with E-state index >= 15 is 0 Å². The number of hydrogen-bond donors (Lipinski definition) is 2. The number of likely N-dealkylation sites (N-methyl/N-ethyl adjacent to an activating group) is 1. The van der Waals surface area contributed by atoms with Crippen molar-refractivity contribution in [2.75, 3.05) is 19.4 Å². The van der Waals surface area contributed by atoms with Crippen molar-refractivity contribution in [2.24, 2.45) is 0 Å². The first-order chi connectivity index (χ1) is 10.1. The maximum Gasteiger partial charge on any atom is 0.220 e. The van der Waals surface area contributed by atoms with Gasteiger partial charge in [-0.1, -0.05) is 12.1 Å². The molecule has 7 heteroatoms. The molecule has 4 nitrogen and oxygen atoms in total. The van der Waals surface area contributed by atoms with E-state index in [1.54, 1.807) is 30.3 Å². The average Bonchev–Trinajstić information content (AvgIpc) is 3.28. The molecule has 1 aromatic carbocycles. The Morgan fingerprint density at radius 2 is 1.91 bits per heavy atom. The third-order valence-electron chi connectivity index (χ3n) is 3.93. The number of nitrogens with one attached hydrogen (secondary N) is 1. The van der Waals surface area contributed by atoms with Gasteiger partial charge in [-0.2, -0.15) is 4.39 Å². The summed E-state index contributed by atoms with van der Waals surface area (Å²) < 4.78 is 19.6. The highest BCUT2D eigenvalue weighted by Crippen LogP contribution is 2.35. The van der Waals surface area contributed by atoms with Gasteiger partial charge in [0.15, 0.2) is 0 Å². The highest BCUT2D eigenvalue weighted by molar-refractivity contribution is 5.85. The van der Waals surface area contributed by atoms with Crippen LogP contribution in [-0.2, 0) is 0 Å². The summed E-state index contributed by atoms with van der Waals surface area (Å²) in [4.78, 5) is 3.78. The first-order valence-corrected chi connectivity index (χ1v) is 6.95. The van der Waals surface area contributed by atoms with Gasteiger partial charge in [0.2, 0.25) is 5.95 Å². The van der Waals surface area contributed by atoms with Crippen LogP contribution in [0.5, 0.6) is 5.75 Å². The summed E-state index contributed by atoms with van der Waals surface area (Å²) >= 11 is 0. The maximum atomic E-state index is 13.9. The summed E-state index contributed by atoms with van der Waals surface area (Å²) in [7, 11) is 1.93. The zero-order valence-corrected chi connectivity index (χ0v) is 14.3. The molecule has 2 aromatic rings. The first kappa shape index (κ1) is 19.5. The molecule has 0 saturated heterocycles. The largest absolute Gasteiger partial charge is 0.490 e. The van der Waals surface area contributed by atoms with E-state index in [9.17, 15) is 4.39 Å². The minimum atomic E-state index is -0.512. The topological polar surface area (TPSA) is 60.2 Å². The van der Waals surface area contributed by atoms with E-state index in [0.29, 0.717) is 23.6 Å². The van der Waals surface area contributed by atoms with E-state index < -0.39 is 5.95 Å². The Hall–Kier alpha value is -1.56. The van der Waals surface area contributed by atoms with Crippen LogP contribution in [0.3, 0.4) is 0 Å². The van der Waals surface area contributed by atoms with Crippen molar-refractivity contribution in [3.63, 3.8) is 0 Å². The number of nitrogen functional groups attached to an aromatic ring is 1. The van der Waals surface area contributed by atoms with Gasteiger partial charge in [-0.05, 0) is 43.7 Å². The lowest BCUT2D eigenvalue weighted by atomic mass is 10.1. The molecule has 0 atom stereocenters. The van der Waals surface area contributed by atoms with Gasteiger partial charge in [0.1, 0.15) is 12.4 Å². The molecular weight excluding hydrogens is 340 g/mol. The number of anilines is 1. The van der Waals surface area contributed by atoms with E-state index in [-0.39, 0.29) is 30.4 Å². The van der Waals surface area contributed by atoms with Crippen molar-refractivity contribution >= 4 is 30.5 Å². The molecule has 0 amide bonds. The van der Waals surface area contributed by atoms with Gasteiger partial charge in [-0.25, -0.2) is 4.98 Å². The molecule has 0 aliphatic heterocycles. The van der Waals surface area contributed by atoms with Gasteiger partial charge in [-0.3, -0.25) is 0 Å². The van der Waals surface area contributed by atoms with Gasteiger partial charge in [0.05, 0.1) is 11.7 Å². The molecule has 3 N–H and O–H groups in total. The van der Waals surface area contributed by atoms with Crippen LogP contribution in [-0.4, -0.2) is 24.2 Å². The maximum absolute atomic E-state index is 13.9. The number of aromatic nitrogens is 1. The van der Waals surface area contributed by atoms with Crippen LogP contribution >= 0.6 is 24.8 Å². The quantitative estimate of drug-likeness (QED) is 0.634. The van der Waals surface area contributed by atoms with Crippen LogP contribution < -0.4 is 15.8 Å². The lowest BCUT2D eigenvalue weighted by Crippen LogP contribution is -2.33. The second-order valence-electron chi connectivity index (χ2n) is 5.45. The monoisotopic (exact) mass is 359 g/mol.